The van der Waals surface area contributed by atoms with Crippen LogP contribution in [0.25, 0.3) is 16.8 Å². The molecule has 8 heteroatoms. The summed E-state index contributed by atoms with van der Waals surface area (Å²) in [6, 6.07) is 14.7. The molecule has 1 fully saturated rings. The van der Waals surface area contributed by atoms with Gasteiger partial charge in [-0.25, -0.2) is 4.98 Å². The van der Waals surface area contributed by atoms with Gasteiger partial charge in [0.1, 0.15) is 5.76 Å². The zero-order chi connectivity index (χ0) is 22.4. The van der Waals surface area contributed by atoms with E-state index in [2.05, 4.69) is 15.0 Å². The molecule has 1 atom stereocenters. The number of ketones is 1. The van der Waals surface area contributed by atoms with Gasteiger partial charge in [-0.3, -0.25) is 19.5 Å². The number of rotatable bonds is 3. The van der Waals surface area contributed by atoms with Gasteiger partial charge in [0.05, 0.1) is 22.6 Å². The topological polar surface area (TPSA) is 99.2 Å². The zero-order valence-electron chi connectivity index (χ0n) is 16.9. The van der Waals surface area contributed by atoms with Gasteiger partial charge >= 0.3 is 5.91 Å². The number of H-pyrrole nitrogens is 1. The van der Waals surface area contributed by atoms with E-state index in [1.165, 1.54) is 11.0 Å². The van der Waals surface area contributed by atoms with E-state index in [1.807, 2.05) is 25.1 Å². The van der Waals surface area contributed by atoms with E-state index in [0.717, 1.165) is 11.1 Å². The monoisotopic (exact) mass is 444 g/mol. The Morgan fingerprint density at radius 2 is 1.88 bits per heavy atom. The molecule has 2 aromatic heterocycles. The minimum atomic E-state index is -0.890. The lowest BCUT2D eigenvalue weighted by Crippen LogP contribution is -2.30. The van der Waals surface area contributed by atoms with Gasteiger partial charge in [-0.15, -0.1) is 0 Å². The summed E-state index contributed by atoms with van der Waals surface area (Å²) in [6.07, 6.45) is 3.13. The number of fused-ring (bicyclic) bond motifs is 1. The Morgan fingerprint density at radius 1 is 1.09 bits per heavy atom. The number of carbonyl (C=O) groups is 2. The lowest BCUT2D eigenvalue weighted by Gasteiger charge is -2.22. The highest BCUT2D eigenvalue weighted by molar-refractivity contribution is 6.51. The molecule has 0 bridgehead atoms. The zero-order valence-corrected chi connectivity index (χ0v) is 17.7. The van der Waals surface area contributed by atoms with Crippen LogP contribution in [0, 0.1) is 6.92 Å². The lowest BCUT2D eigenvalue weighted by atomic mass is 9.96. The number of aryl methyl sites for hydroxylation is 1. The first-order valence-corrected chi connectivity index (χ1v) is 10.2. The van der Waals surface area contributed by atoms with Crippen molar-refractivity contribution in [3.05, 3.63) is 94.3 Å². The van der Waals surface area contributed by atoms with E-state index in [0.29, 0.717) is 21.7 Å². The van der Waals surface area contributed by atoms with Crippen LogP contribution in [-0.2, 0) is 9.59 Å². The van der Waals surface area contributed by atoms with E-state index >= 15 is 0 Å². The third-order valence-corrected chi connectivity index (χ3v) is 5.65. The van der Waals surface area contributed by atoms with Gasteiger partial charge in [0.2, 0.25) is 5.95 Å². The number of aliphatic hydroxyl groups is 1. The molecule has 2 aromatic carbocycles. The fraction of sp³-hybridized carbons (Fsp3) is 0.0833. The van der Waals surface area contributed by atoms with Gasteiger partial charge in [0.15, 0.2) is 0 Å². The second-order valence-corrected chi connectivity index (χ2v) is 7.98. The molecule has 0 spiro atoms. The molecule has 2 N–H and O–H groups in total. The van der Waals surface area contributed by atoms with Crippen molar-refractivity contribution in [3.63, 3.8) is 0 Å². The van der Waals surface area contributed by atoms with Crippen LogP contribution in [0.15, 0.2) is 72.6 Å². The van der Waals surface area contributed by atoms with Gasteiger partial charge in [-0.05, 0) is 54.4 Å². The highest BCUT2D eigenvalue weighted by Crippen LogP contribution is 2.41. The summed E-state index contributed by atoms with van der Waals surface area (Å²) in [5, 5.41) is 11.5. The summed E-state index contributed by atoms with van der Waals surface area (Å²) in [5.74, 6) is -1.67. The molecular weight excluding hydrogens is 428 g/mol. The maximum absolute atomic E-state index is 13.2. The molecule has 7 nitrogen and oxygen atoms in total. The van der Waals surface area contributed by atoms with E-state index < -0.39 is 17.7 Å². The summed E-state index contributed by atoms with van der Waals surface area (Å²) in [4.78, 5) is 39.3. The summed E-state index contributed by atoms with van der Waals surface area (Å²) in [7, 11) is 0. The Hall–Kier alpha value is -3.97. The number of aromatic nitrogens is 3. The van der Waals surface area contributed by atoms with Gasteiger partial charge in [0.25, 0.3) is 5.78 Å². The van der Waals surface area contributed by atoms with E-state index in [9.17, 15) is 14.7 Å². The molecule has 0 saturated carbocycles. The van der Waals surface area contributed by atoms with Crippen molar-refractivity contribution in [2.45, 2.75) is 13.0 Å². The second-order valence-electron chi connectivity index (χ2n) is 7.54. The van der Waals surface area contributed by atoms with Crippen LogP contribution < -0.4 is 4.90 Å². The predicted molar refractivity (Wildman–Crippen MR) is 121 cm³/mol. The van der Waals surface area contributed by atoms with Crippen molar-refractivity contribution in [2.24, 2.45) is 0 Å². The van der Waals surface area contributed by atoms with E-state index in [4.69, 9.17) is 11.6 Å². The minimum absolute atomic E-state index is 0.0416. The average molecular weight is 445 g/mol. The van der Waals surface area contributed by atoms with Crippen molar-refractivity contribution in [3.8, 4) is 0 Å². The summed E-state index contributed by atoms with van der Waals surface area (Å²) in [6.45, 7) is 1.95. The van der Waals surface area contributed by atoms with Crippen LogP contribution >= 0.6 is 11.6 Å². The molecule has 1 amide bonds. The number of nitrogens with one attached hydrogen (secondary N) is 1. The molecule has 4 aromatic rings. The maximum Gasteiger partial charge on any atom is 0.302 e. The SMILES string of the molecule is Cc1ccc2nc(N3C(=O)C(=O)/C(=C(/O)c4cccc(Cl)c4)C3c3ccncc3)[nH]c2c1. The van der Waals surface area contributed by atoms with Gasteiger partial charge < -0.3 is 10.1 Å². The van der Waals surface area contributed by atoms with Crippen LogP contribution in [0.5, 0.6) is 0 Å². The normalized spacial score (nSPS) is 17.9. The number of anilines is 1. The molecular formula is C24H17ClN4O3. The summed E-state index contributed by atoms with van der Waals surface area (Å²) in [5.41, 5.74) is 3.34. The van der Waals surface area contributed by atoms with Gasteiger partial charge in [-0.1, -0.05) is 29.8 Å². The fourth-order valence-electron chi connectivity index (χ4n) is 3.93. The number of aliphatic hydroxyl groups excluding tert-OH is 1. The largest absolute Gasteiger partial charge is 0.507 e. The molecule has 32 heavy (non-hydrogen) atoms. The molecule has 0 aliphatic carbocycles. The van der Waals surface area contributed by atoms with Gasteiger partial charge in [-0.2, -0.15) is 0 Å². The predicted octanol–water partition coefficient (Wildman–Crippen LogP) is 4.55. The Morgan fingerprint density at radius 3 is 2.62 bits per heavy atom. The number of amides is 1. The standard InChI is InChI=1S/C24H17ClN4O3/c1-13-5-6-17-18(11-13)28-24(27-17)29-20(14-7-9-26-10-8-14)19(22(31)23(29)32)21(30)15-3-2-4-16(25)12-15/h2-12,20,30H,1H3,(H,27,28)/b21-19+. The Bertz CT molecular complexity index is 1410. The number of Topliss-reactive ketones (excluding diaryl/α,β-unsaturated/α-hetero) is 1. The molecule has 1 aliphatic rings. The van der Waals surface area contributed by atoms with Crippen LogP contribution in [-0.4, -0.2) is 31.7 Å². The minimum Gasteiger partial charge on any atom is -0.507 e. The highest BCUT2D eigenvalue weighted by Gasteiger charge is 2.48. The molecule has 3 heterocycles. The second kappa shape index (κ2) is 7.62. The molecule has 5 rings (SSSR count). The number of nitrogens with zero attached hydrogens (tertiary/aromatic N) is 3. The van der Waals surface area contributed by atoms with Crippen molar-refractivity contribution >= 4 is 46.0 Å². The number of benzene rings is 2. The van der Waals surface area contributed by atoms with Crippen LogP contribution in [0.1, 0.15) is 22.7 Å². The van der Waals surface area contributed by atoms with Crippen molar-refractivity contribution in [1.82, 2.24) is 15.0 Å². The fourth-order valence-corrected chi connectivity index (χ4v) is 4.12. The van der Waals surface area contributed by atoms with Crippen LogP contribution in [0.3, 0.4) is 0 Å². The number of carbonyl (C=O) groups excluding carboxylic acids is 2. The van der Waals surface area contributed by atoms with E-state index in [1.54, 1.807) is 42.7 Å². The third-order valence-electron chi connectivity index (χ3n) is 5.42. The van der Waals surface area contributed by atoms with Crippen LogP contribution in [0.2, 0.25) is 5.02 Å². The lowest BCUT2D eigenvalue weighted by molar-refractivity contribution is -0.132. The molecule has 1 saturated heterocycles. The van der Waals surface area contributed by atoms with Crippen molar-refractivity contribution in [1.29, 1.82) is 0 Å². The smallest absolute Gasteiger partial charge is 0.302 e. The summed E-state index contributed by atoms with van der Waals surface area (Å²) >= 11 is 6.08. The molecule has 158 valence electrons. The molecule has 0 radical (unpaired) electrons. The number of hydrogen-bond donors (Lipinski definition) is 2. The number of pyridine rings is 1. The number of aromatic amines is 1. The maximum atomic E-state index is 13.2. The first-order chi connectivity index (χ1) is 15.4. The highest BCUT2D eigenvalue weighted by atomic mass is 35.5. The third kappa shape index (κ3) is 3.23. The summed E-state index contributed by atoms with van der Waals surface area (Å²) < 4.78 is 0. The first-order valence-electron chi connectivity index (χ1n) is 9.87. The molecule has 1 unspecified atom stereocenters. The molecule has 1 aliphatic heterocycles. The quantitative estimate of drug-likeness (QED) is 0.274. The van der Waals surface area contributed by atoms with Gasteiger partial charge in [0, 0.05) is 23.0 Å². The Labute approximate surface area is 188 Å². The van der Waals surface area contributed by atoms with E-state index in [-0.39, 0.29) is 17.3 Å². The number of imidazole rings is 1. The number of halogens is 1. The average Bonchev–Trinajstić information content (AvgIpc) is 3.32. The Kier molecular flexibility index (Phi) is 4.75. The number of hydrogen-bond acceptors (Lipinski definition) is 5. The Balaban J connectivity index is 1.73. The van der Waals surface area contributed by atoms with Crippen molar-refractivity contribution in [2.75, 3.05) is 4.90 Å². The first kappa shape index (κ1) is 20.0. The van der Waals surface area contributed by atoms with Crippen LogP contribution in [0.4, 0.5) is 5.95 Å². The van der Waals surface area contributed by atoms with Crippen molar-refractivity contribution < 1.29 is 14.7 Å².